The summed E-state index contributed by atoms with van der Waals surface area (Å²) in [7, 11) is 0. The highest BCUT2D eigenvalue weighted by molar-refractivity contribution is 5.91. The summed E-state index contributed by atoms with van der Waals surface area (Å²) in [6, 6.07) is 24.7. The lowest BCUT2D eigenvalue weighted by atomic mass is 9.93. The van der Waals surface area contributed by atoms with Gasteiger partial charge in [-0.25, -0.2) is 4.79 Å². The molecule has 202 valence electrons. The molecule has 0 aromatic heterocycles. The minimum absolute atomic E-state index is 0.0739. The van der Waals surface area contributed by atoms with E-state index in [1.165, 1.54) is 6.92 Å². The van der Waals surface area contributed by atoms with E-state index in [2.05, 4.69) is 5.32 Å². The normalized spacial score (nSPS) is 21.9. The molecule has 1 saturated heterocycles. The van der Waals surface area contributed by atoms with Crippen molar-refractivity contribution in [2.24, 2.45) is 0 Å². The van der Waals surface area contributed by atoms with Gasteiger partial charge in [0.1, 0.15) is 24.6 Å². The first-order valence-corrected chi connectivity index (χ1v) is 13.1. The molecule has 0 bridgehead atoms. The van der Waals surface area contributed by atoms with Crippen LogP contribution in [0.15, 0.2) is 90.2 Å². The molecule has 7 nitrogen and oxygen atoms in total. The third-order valence-electron chi connectivity index (χ3n) is 7.18. The second-order valence-electron chi connectivity index (χ2n) is 10.1. The number of nitrogens with one attached hydrogen (secondary N) is 1. The highest BCUT2D eigenvalue weighted by Crippen LogP contribution is 2.52. The molecule has 1 N–H and O–H groups in total. The third-order valence-corrected chi connectivity index (χ3v) is 7.18. The molecule has 7 heteroatoms. The molecule has 0 aliphatic carbocycles. The lowest BCUT2D eigenvalue weighted by Gasteiger charge is -2.38. The summed E-state index contributed by atoms with van der Waals surface area (Å²) in [6.45, 7) is 7.25. The Labute approximate surface area is 228 Å². The maximum absolute atomic E-state index is 13.2. The van der Waals surface area contributed by atoms with Gasteiger partial charge in [-0.3, -0.25) is 4.79 Å². The summed E-state index contributed by atoms with van der Waals surface area (Å²) in [5.41, 5.74) is 5.19. The lowest BCUT2D eigenvalue weighted by Crippen LogP contribution is -2.50. The number of hydrogen-bond acceptors (Lipinski definition) is 6. The van der Waals surface area contributed by atoms with E-state index in [1.807, 2.05) is 92.7 Å². The van der Waals surface area contributed by atoms with Crippen LogP contribution in [0.4, 0.5) is 0 Å². The summed E-state index contributed by atoms with van der Waals surface area (Å²) >= 11 is 0. The molecule has 2 aliphatic heterocycles. The Bertz CT molecular complexity index is 1350. The van der Waals surface area contributed by atoms with Gasteiger partial charge < -0.3 is 24.3 Å². The van der Waals surface area contributed by atoms with E-state index >= 15 is 0 Å². The number of aryl methyl sites for hydroxylation is 2. The van der Waals surface area contributed by atoms with Crippen molar-refractivity contribution in [2.45, 2.75) is 64.9 Å². The molecular weight excluding hydrogens is 494 g/mol. The second kappa shape index (κ2) is 11.0. The zero-order valence-corrected chi connectivity index (χ0v) is 22.6. The van der Waals surface area contributed by atoms with Crippen LogP contribution in [0.25, 0.3) is 0 Å². The minimum Gasteiger partial charge on any atom is -0.457 e. The maximum Gasteiger partial charge on any atom is 0.339 e. The fraction of sp³-hybridized carbons (Fsp3) is 0.312. The molecule has 1 spiro atoms. The molecule has 2 heterocycles. The predicted octanol–water partition coefficient (Wildman–Crippen LogP) is 5.73. The fourth-order valence-electron chi connectivity index (χ4n) is 5.33. The van der Waals surface area contributed by atoms with Gasteiger partial charge in [0.25, 0.3) is 0 Å². The summed E-state index contributed by atoms with van der Waals surface area (Å²) in [5.74, 6) is -2.08. The van der Waals surface area contributed by atoms with Crippen LogP contribution in [0.3, 0.4) is 0 Å². The number of rotatable bonds is 6. The van der Waals surface area contributed by atoms with Crippen LogP contribution in [-0.2, 0) is 35.1 Å². The Kier molecular flexibility index (Phi) is 7.55. The van der Waals surface area contributed by atoms with Crippen LogP contribution in [0.2, 0.25) is 0 Å². The van der Waals surface area contributed by atoms with Crippen LogP contribution in [0, 0.1) is 13.8 Å². The van der Waals surface area contributed by atoms with Gasteiger partial charge in [-0.15, -0.1) is 0 Å². The third kappa shape index (κ3) is 5.60. The monoisotopic (exact) mass is 527 g/mol. The summed E-state index contributed by atoms with van der Waals surface area (Å²) in [5, 5.41) is 2.89. The Hall–Kier alpha value is -3.94. The van der Waals surface area contributed by atoms with Crippen LogP contribution in [-0.4, -0.2) is 23.9 Å². The Morgan fingerprint density at radius 3 is 1.92 bits per heavy atom. The zero-order valence-electron chi connectivity index (χ0n) is 22.6. The number of hydrogen-bond donors (Lipinski definition) is 1. The largest absolute Gasteiger partial charge is 0.457 e. The van der Waals surface area contributed by atoms with Crippen molar-refractivity contribution in [1.29, 1.82) is 0 Å². The van der Waals surface area contributed by atoms with Crippen molar-refractivity contribution >= 4 is 11.9 Å². The standard InChI is InChI=1S/C32H33NO6/c1-20-12-8-10-16-25(20)29-30(26-17-11-9-13-21(26)2)39-32(38-29)18-27(33-23(4)34)28(22(3)37-32)31(35)36-19-24-14-6-5-7-15-24/h5-17,27,29-30H,18-19H2,1-4H3,(H,33,34)/t27-,29-,30-/m0/s1. The van der Waals surface area contributed by atoms with Crippen molar-refractivity contribution < 1.29 is 28.5 Å². The van der Waals surface area contributed by atoms with Crippen LogP contribution in [0.1, 0.15) is 60.3 Å². The van der Waals surface area contributed by atoms with E-state index in [0.29, 0.717) is 0 Å². The number of benzene rings is 3. The molecule has 2 aliphatic rings. The average Bonchev–Trinajstić information content (AvgIpc) is 3.25. The van der Waals surface area contributed by atoms with Gasteiger partial charge in [0.2, 0.25) is 5.91 Å². The average molecular weight is 528 g/mol. The van der Waals surface area contributed by atoms with E-state index in [0.717, 1.165) is 27.8 Å². The zero-order chi connectivity index (χ0) is 27.6. The number of allylic oxidation sites excluding steroid dienone is 1. The molecule has 1 amide bonds. The molecule has 0 radical (unpaired) electrons. The van der Waals surface area contributed by atoms with Crippen molar-refractivity contribution in [3.05, 3.63) is 118 Å². The van der Waals surface area contributed by atoms with Gasteiger partial charge in [0, 0.05) is 6.92 Å². The number of amides is 1. The molecule has 39 heavy (non-hydrogen) atoms. The molecule has 1 fully saturated rings. The number of esters is 1. The summed E-state index contributed by atoms with van der Waals surface area (Å²) in [4.78, 5) is 25.5. The van der Waals surface area contributed by atoms with Crippen LogP contribution in [0.5, 0.6) is 0 Å². The second-order valence-corrected chi connectivity index (χ2v) is 10.1. The van der Waals surface area contributed by atoms with Gasteiger partial charge >= 0.3 is 11.9 Å². The van der Waals surface area contributed by atoms with E-state index in [-0.39, 0.29) is 30.3 Å². The molecule has 3 aromatic carbocycles. The quantitative estimate of drug-likeness (QED) is 0.413. The van der Waals surface area contributed by atoms with E-state index in [9.17, 15) is 9.59 Å². The lowest BCUT2D eigenvalue weighted by molar-refractivity contribution is -0.336. The maximum atomic E-state index is 13.2. The van der Waals surface area contributed by atoms with Gasteiger partial charge in [-0.1, -0.05) is 78.9 Å². The minimum atomic E-state index is -1.51. The number of ether oxygens (including phenoxy) is 4. The first-order valence-electron chi connectivity index (χ1n) is 13.1. The van der Waals surface area contributed by atoms with E-state index in [1.54, 1.807) is 6.92 Å². The van der Waals surface area contributed by atoms with Crippen molar-refractivity contribution in [1.82, 2.24) is 5.32 Å². The van der Waals surface area contributed by atoms with Gasteiger partial charge in [0.05, 0.1) is 18.0 Å². The van der Waals surface area contributed by atoms with Crippen LogP contribution >= 0.6 is 0 Å². The molecule has 0 unspecified atom stereocenters. The van der Waals surface area contributed by atoms with E-state index in [4.69, 9.17) is 18.9 Å². The topological polar surface area (TPSA) is 83.1 Å². The predicted molar refractivity (Wildman–Crippen MR) is 145 cm³/mol. The molecular formula is C32H33NO6. The first-order chi connectivity index (χ1) is 18.8. The van der Waals surface area contributed by atoms with Crippen molar-refractivity contribution in [3.8, 4) is 0 Å². The number of carbonyl (C=O) groups is 2. The summed E-state index contributed by atoms with van der Waals surface area (Å²) in [6.07, 6.45) is -0.862. The highest BCUT2D eigenvalue weighted by Gasteiger charge is 2.56. The fourth-order valence-corrected chi connectivity index (χ4v) is 5.33. The van der Waals surface area contributed by atoms with E-state index < -0.39 is 30.2 Å². The van der Waals surface area contributed by atoms with Gasteiger partial charge in [-0.05, 0) is 48.6 Å². The number of carbonyl (C=O) groups excluding carboxylic acids is 2. The smallest absolute Gasteiger partial charge is 0.339 e. The highest BCUT2D eigenvalue weighted by atomic mass is 16.9. The van der Waals surface area contributed by atoms with Crippen molar-refractivity contribution in [3.63, 3.8) is 0 Å². The van der Waals surface area contributed by atoms with Crippen LogP contribution < -0.4 is 5.32 Å². The molecule has 5 rings (SSSR count). The Balaban J connectivity index is 1.49. The van der Waals surface area contributed by atoms with Gasteiger partial charge in [0.15, 0.2) is 0 Å². The van der Waals surface area contributed by atoms with Crippen molar-refractivity contribution in [2.75, 3.05) is 0 Å². The first kappa shape index (κ1) is 26.7. The molecule has 3 aromatic rings. The SMILES string of the molecule is CC(=O)N[C@H]1CC2(OC(C)=C1C(=O)OCc1ccccc1)O[C@@H](c1ccccc1C)[C@H](c1ccccc1C)O2. The molecule has 0 saturated carbocycles. The Morgan fingerprint density at radius 2 is 1.38 bits per heavy atom. The summed E-state index contributed by atoms with van der Waals surface area (Å²) < 4.78 is 25.2. The molecule has 3 atom stereocenters. The van der Waals surface area contributed by atoms with Gasteiger partial charge in [-0.2, -0.15) is 0 Å². The Morgan fingerprint density at radius 1 is 0.846 bits per heavy atom.